The Labute approximate surface area is 109 Å². The van der Waals surface area contributed by atoms with Crippen molar-refractivity contribution in [2.24, 2.45) is 0 Å². The van der Waals surface area contributed by atoms with Crippen LogP contribution in [0.15, 0.2) is 53.3 Å². The summed E-state index contributed by atoms with van der Waals surface area (Å²) in [7, 11) is 0. The van der Waals surface area contributed by atoms with Crippen LogP contribution in [0.4, 0.5) is 10.1 Å². The molecule has 4 nitrogen and oxygen atoms in total. The quantitative estimate of drug-likeness (QED) is 0.784. The molecule has 0 aliphatic carbocycles. The van der Waals surface area contributed by atoms with Crippen molar-refractivity contribution in [3.63, 3.8) is 0 Å². The summed E-state index contributed by atoms with van der Waals surface area (Å²) < 4.78 is 19.8. The van der Waals surface area contributed by atoms with Gasteiger partial charge in [-0.3, -0.25) is 4.68 Å². The third kappa shape index (κ3) is 2.35. The number of nitrogens with zero attached hydrogens (tertiary/aromatic N) is 2. The predicted octanol–water partition coefficient (Wildman–Crippen LogP) is 2.91. The van der Waals surface area contributed by atoms with E-state index in [2.05, 4.69) is 5.10 Å². The summed E-state index contributed by atoms with van der Waals surface area (Å²) in [6.45, 7) is 0.533. The number of anilines is 1. The lowest BCUT2D eigenvalue weighted by Crippen LogP contribution is -2.00. The van der Waals surface area contributed by atoms with Crippen LogP contribution in [0.5, 0.6) is 0 Å². The molecule has 0 saturated heterocycles. The maximum absolute atomic E-state index is 12.8. The molecule has 5 heteroatoms. The molecule has 0 aliphatic rings. The topological polar surface area (TPSA) is 57.0 Å². The predicted molar refractivity (Wildman–Crippen MR) is 69.8 cm³/mol. The Kier molecular flexibility index (Phi) is 2.79. The van der Waals surface area contributed by atoms with E-state index in [-0.39, 0.29) is 5.82 Å². The Morgan fingerprint density at radius 1 is 1.21 bits per heavy atom. The van der Waals surface area contributed by atoms with E-state index >= 15 is 0 Å². The molecule has 3 rings (SSSR count). The van der Waals surface area contributed by atoms with Crippen LogP contribution in [-0.4, -0.2) is 9.78 Å². The summed E-state index contributed by atoms with van der Waals surface area (Å²) in [4.78, 5) is 0. The molecule has 0 aliphatic heterocycles. The molecule has 0 radical (unpaired) electrons. The smallest absolute Gasteiger partial charge is 0.156 e. The third-order valence-corrected chi connectivity index (χ3v) is 2.80. The second-order valence-corrected chi connectivity index (χ2v) is 4.23. The number of hydrogen-bond donors (Lipinski definition) is 1. The summed E-state index contributed by atoms with van der Waals surface area (Å²) in [6, 6.07) is 9.89. The maximum Gasteiger partial charge on any atom is 0.156 e. The van der Waals surface area contributed by atoms with Gasteiger partial charge in [-0.2, -0.15) is 5.10 Å². The van der Waals surface area contributed by atoms with Gasteiger partial charge in [0.1, 0.15) is 5.82 Å². The fourth-order valence-corrected chi connectivity index (χ4v) is 1.90. The van der Waals surface area contributed by atoms with Crippen LogP contribution < -0.4 is 5.73 Å². The van der Waals surface area contributed by atoms with Crippen molar-refractivity contribution in [3.05, 3.63) is 60.2 Å². The van der Waals surface area contributed by atoms with Gasteiger partial charge in [0.05, 0.1) is 18.5 Å². The first-order valence-electron chi connectivity index (χ1n) is 5.83. The lowest BCUT2D eigenvalue weighted by atomic mass is 10.2. The average Bonchev–Trinajstić information content (AvgIpc) is 3.01. The van der Waals surface area contributed by atoms with Crippen molar-refractivity contribution < 1.29 is 8.81 Å². The Bertz CT molecular complexity index is 671. The lowest BCUT2D eigenvalue weighted by Gasteiger charge is -2.01. The number of rotatable bonds is 3. The van der Waals surface area contributed by atoms with Crippen molar-refractivity contribution in [3.8, 4) is 11.5 Å². The van der Waals surface area contributed by atoms with Crippen LogP contribution in [0.1, 0.15) is 5.56 Å². The Morgan fingerprint density at radius 3 is 2.68 bits per heavy atom. The standard InChI is InChI=1S/C14H12FN3O/c15-11-5-3-10(4-6-11)8-18-9-12(16)14(17-18)13-2-1-7-19-13/h1-7,9H,8,16H2. The first kappa shape index (κ1) is 11.5. The molecular weight excluding hydrogens is 245 g/mol. The normalized spacial score (nSPS) is 10.8. The van der Waals surface area contributed by atoms with Crippen LogP contribution in [0.3, 0.4) is 0 Å². The molecule has 1 aromatic carbocycles. The van der Waals surface area contributed by atoms with E-state index in [0.717, 1.165) is 5.56 Å². The molecule has 96 valence electrons. The highest BCUT2D eigenvalue weighted by molar-refractivity contribution is 5.67. The van der Waals surface area contributed by atoms with Crippen LogP contribution in [0.2, 0.25) is 0 Å². The Hall–Kier alpha value is -2.56. The van der Waals surface area contributed by atoms with Gasteiger partial charge in [-0.25, -0.2) is 4.39 Å². The van der Waals surface area contributed by atoms with Crippen molar-refractivity contribution in [2.45, 2.75) is 6.54 Å². The summed E-state index contributed by atoms with van der Waals surface area (Å²) in [5, 5.41) is 4.37. The number of benzene rings is 1. The van der Waals surface area contributed by atoms with E-state index in [4.69, 9.17) is 10.2 Å². The van der Waals surface area contributed by atoms with Crippen LogP contribution in [0.25, 0.3) is 11.5 Å². The van der Waals surface area contributed by atoms with Crippen LogP contribution >= 0.6 is 0 Å². The number of halogens is 1. The van der Waals surface area contributed by atoms with E-state index in [1.54, 1.807) is 41.4 Å². The van der Waals surface area contributed by atoms with E-state index < -0.39 is 0 Å². The van der Waals surface area contributed by atoms with Gasteiger partial charge < -0.3 is 10.2 Å². The second-order valence-electron chi connectivity index (χ2n) is 4.23. The molecule has 0 atom stereocenters. The number of hydrogen-bond acceptors (Lipinski definition) is 3. The number of nitrogen functional groups attached to an aromatic ring is 1. The molecule has 0 amide bonds. The summed E-state index contributed by atoms with van der Waals surface area (Å²) in [5.41, 5.74) is 8.03. The molecule has 0 unspecified atom stereocenters. The van der Waals surface area contributed by atoms with Crippen LogP contribution in [0, 0.1) is 5.82 Å². The van der Waals surface area contributed by atoms with E-state index in [1.807, 2.05) is 0 Å². The fourth-order valence-electron chi connectivity index (χ4n) is 1.90. The molecule has 2 aromatic heterocycles. The number of nitrogens with two attached hydrogens (primary N) is 1. The molecule has 0 spiro atoms. The largest absolute Gasteiger partial charge is 0.463 e. The van der Waals surface area contributed by atoms with E-state index in [0.29, 0.717) is 23.7 Å². The van der Waals surface area contributed by atoms with Gasteiger partial charge in [0.2, 0.25) is 0 Å². The van der Waals surface area contributed by atoms with E-state index in [9.17, 15) is 4.39 Å². The van der Waals surface area contributed by atoms with Gasteiger partial charge in [0.25, 0.3) is 0 Å². The summed E-state index contributed by atoms with van der Waals surface area (Å²) in [5.74, 6) is 0.385. The number of furan rings is 1. The second kappa shape index (κ2) is 4.61. The molecule has 19 heavy (non-hydrogen) atoms. The molecule has 0 saturated carbocycles. The molecule has 2 heterocycles. The molecule has 0 fully saturated rings. The van der Waals surface area contributed by atoms with Crippen molar-refractivity contribution in [1.82, 2.24) is 9.78 Å². The van der Waals surface area contributed by atoms with E-state index in [1.165, 1.54) is 12.1 Å². The fraction of sp³-hybridized carbons (Fsp3) is 0.0714. The third-order valence-electron chi connectivity index (χ3n) is 2.80. The highest BCUT2D eigenvalue weighted by atomic mass is 19.1. The minimum Gasteiger partial charge on any atom is -0.463 e. The highest BCUT2D eigenvalue weighted by Crippen LogP contribution is 2.24. The van der Waals surface area contributed by atoms with Gasteiger partial charge >= 0.3 is 0 Å². The van der Waals surface area contributed by atoms with Crippen molar-refractivity contribution in [2.75, 3.05) is 5.73 Å². The van der Waals surface area contributed by atoms with Crippen LogP contribution in [-0.2, 0) is 6.54 Å². The van der Waals surface area contributed by atoms with Crippen molar-refractivity contribution >= 4 is 5.69 Å². The molecule has 2 N–H and O–H groups in total. The highest BCUT2D eigenvalue weighted by Gasteiger charge is 2.11. The van der Waals surface area contributed by atoms with Gasteiger partial charge in [-0.15, -0.1) is 0 Å². The minimum atomic E-state index is -0.250. The maximum atomic E-state index is 12.8. The SMILES string of the molecule is Nc1cn(Cc2ccc(F)cc2)nc1-c1ccco1. The molecule has 3 aromatic rings. The van der Waals surface area contributed by atoms with Crippen molar-refractivity contribution in [1.29, 1.82) is 0 Å². The van der Waals surface area contributed by atoms with Gasteiger partial charge in [-0.1, -0.05) is 12.1 Å². The number of aromatic nitrogens is 2. The first-order valence-corrected chi connectivity index (χ1v) is 5.83. The van der Waals surface area contributed by atoms with Gasteiger partial charge in [0, 0.05) is 6.20 Å². The Balaban J connectivity index is 1.87. The summed E-state index contributed by atoms with van der Waals surface area (Å²) >= 11 is 0. The minimum absolute atomic E-state index is 0.250. The zero-order chi connectivity index (χ0) is 13.2. The van der Waals surface area contributed by atoms with Gasteiger partial charge in [-0.05, 0) is 29.8 Å². The summed E-state index contributed by atoms with van der Waals surface area (Å²) in [6.07, 6.45) is 3.31. The first-order chi connectivity index (χ1) is 9.22. The monoisotopic (exact) mass is 257 g/mol. The zero-order valence-corrected chi connectivity index (χ0v) is 10.1. The molecule has 0 bridgehead atoms. The zero-order valence-electron chi connectivity index (χ0n) is 10.1. The average molecular weight is 257 g/mol. The lowest BCUT2D eigenvalue weighted by molar-refractivity contribution is 0.576. The van der Waals surface area contributed by atoms with Gasteiger partial charge in [0.15, 0.2) is 11.5 Å². The Morgan fingerprint density at radius 2 is 2.00 bits per heavy atom. The molecular formula is C14H12FN3O.